The molecule has 5 rings (SSSR count). The number of hydrogen-bond acceptors (Lipinski definition) is 5. The number of aliphatic imine (C=N–C) groups is 1. The first-order valence-electron chi connectivity index (χ1n) is 13.9. The summed E-state index contributed by atoms with van der Waals surface area (Å²) in [5.41, 5.74) is 4.47. The number of hydrazone groups is 1. The van der Waals surface area contributed by atoms with Crippen molar-refractivity contribution in [2.45, 2.75) is 79.8 Å². The highest BCUT2D eigenvalue weighted by Gasteiger charge is 2.67. The minimum atomic E-state index is -0.327. The van der Waals surface area contributed by atoms with E-state index in [4.69, 9.17) is 14.5 Å². The molecular weight excluding hydrogens is 446 g/mol. The van der Waals surface area contributed by atoms with Gasteiger partial charge in [-0.15, -0.1) is 0 Å². The molecule has 0 amide bonds. The summed E-state index contributed by atoms with van der Waals surface area (Å²) in [6, 6.07) is 1.97. The van der Waals surface area contributed by atoms with Crippen LogP contribution in [-0.2, 0) is 0 Å². The summed E-state index contributed by atoms with van der Waals surface area (Å²) >= 11 is 0. The molecule has 8 atom stereocenters. The number of hydrogen-bond donors (Lipinski definition) is 1. The number of nitrogens with zero attached hydrogens (tertiary/aromatic N) is 3. The smallest absolute Gasteiger partial charge is 0.116 e. The average molecular weight is 492 g/mol. The van der Waals surface area contributed by atoms with Crippen LogP contribution in [0.15, 0.2) is 50.6 Å². The van der Waals surface area contributed by atoms with Gasteiger partial charge >= 0.3 is 0 Å². The molecule has 5 nitrogen and oxygen atoms in total. The molecule has 4 aliphatic rings. The molecule has 1 aromatic rings. The SMILES string of the molecule is CC/C(=N/N(C)C)[C@@]1(C)[C@H](C)C[C@H]2[C@@H]3CCC4=C/C(=N/c5coc(C)c5)C=C[C@]4(C)[C@H]3[C@@H](O)C[C@@]21C. The van der Waals surface area contributed by atoms with Gasteiger partial charge in [0.05, 0.1) is 11.8 Å². The van der Waals surface area contributed by atoms with E-state index in [0.29, 0.717) is 17.8 Å². The van der Waals surface area contributed by atoms with Crippen molar-refractivity contribution in [1.82, 2.24) is 5.01 Å². The second-order valence-electron chi connectivity index (χ2n) is 12.8. The highest BCUT2D eigenvalue weighted by atomic mass is 16.3. The molecule has 3 fully saturated rings. The van der Waals surface area contributed by atoms with Crippen molar-refractivity contribution >= 4 is 17.1 Å². The maximum atomic E-state index is 11.9. The van der Waals surface area contributed by atoms with E-state index in [0.717, 1.165) is 42.8 Å². The van der Waals surface area contributed by atoms with Crippen molar-refractivity contribution in [2.24, 2.45) is 50.0 Å². The van der Waals surface area contributed by atoms with E-state index in [-0.39, 0.29) is 28.3 Å². The Hall–Kier alpha value is -2.14. The molecule has 1 N–H and O–H groups in total. The lowest BCUT2D eigenvalue weighted by Crippen LogP contribution is -2.58. The predicted molar refractivity (Wildman–Crippen MR) is 148 cm³/mol. The van der Waals surface area contributed by atoms with Crippen LogP contribution >= 0.6 is 0 Å². The van der Waals surface area contributed by atoms with Gasteiger partial charge in [0.15, 0.2) is 0 Å². The molecule has 3 saturated carbocycles. The lowest BCUT2D eigenvalue weighted by atomic mass is 9.44. The fraction of sp³-hybridized carbons (Fsp3) is 0.677. The third-order valence-electron chi connectivity index (χ3n) is 10.9. The number of aryl methyl sites for hydroxylation is 1. The first kappa shape index (κ1) is 25.5. The van der Waals surface area contributed by atoms with Crippen LogP contribution < -0.4 is 0 Å². The lowest BCUT2D eigenvalue weighted by molar-refractivity contribution is -0.122. The highest BCUT2D eigenvalue weighted by molar-refractivity contribution is 6.07. The molecular formula is C31H45N3O2. The molecule has 4 aliphatic carbocycles. The van der Waals surface area contributed by atoms with Gasteiger partial charge < -0.3 is 14.5 Å². The zero-order valence-electron chi connectivity index (χ0n) is 23.5. The molecule has 1 aromatic heterocycles. The quantitative estimate of drug-likeness (QED) is 0.366. The highest BCUT2D eigenvalue weighted by Crippen LogP contribution is 2.71. The summed E-state index contributed by atoms with van der Waals surface area (Å²) in [6.45, 7) is 13.9. The monoisotopic (exact) mass is 491 g/mol. The topological polar surface area (TPSA) is 61.3 Å². The zero-order chi connectivity index (χ0) is 26.0. The molecule has 0 aliphatic heterocycles. The average Bonchev–Trinajstić information content (AvgIpc) is 3.31. The number of furan rings is 1. The summed E-state index contributed by atoms with van der Waals surface area (Å²) in [4.78, 5) is 4.81. The second-order valence-corrected chi connectivity index (χ2v) is 12.8. The fourth-order valence-corrected chi connectivity index (χ4v) is 9.00. The molecule has 0 unspecified atom stereocenters. The van der Waals surface area contributed by atoms with Crippen molar-refractivity contribution in [3.05, 3.63) is 41.9 Å². The van der Waals surface area contributed by atoms with Gasteiger partial charge in [-0.1, -0.05) is 46.3 Å². The van der Waals surface area contributed by atoms with E-state index in [2.05, 4.69) is 52.8 Å². The molecule has 1 heterocycles. The number of aliphatic hydroxyl groups excluding tert-OH is 1. The molecule has 0 saturated heterocycles. The van der Waals surface area contributed by atoms with E-state index in [1.54, 1.807) is 6.26 Å². The van der Waals surface area contributed by atoms with Crippen molar-refractivity contribution in [3.63, 3.8) is 0 Å². The molecule has 36 heavy (non-hydrogen) atoms. The van der Waals surface area contributed by atoms with Gasteiger partial charge in [-0.3, -0.25) is 0 Å². The van der Waals surface area contributed by atoms with E-state index in [9.17, 15) is 5.11 Å². The Kier molecular flexibility index (Phi) is 6.18. The van der Waals surface area contributed by atoms with Crippen molar-refractivity contribution in [1.29, 1.82) is 0 Å². The molecule has 0 spiro atoms. The molecule has 196 valence electrons. The summed E-state index contributed by atoms with van der Waals surface area (Å²) in [6.07, 6.45) is 13.4. The normalized spacial score (nSPS) is 43.1. The molecule has 5 heteroatoms. The number of allylic oxidation sites excluding steroid dienone is 4. The summed E-state index contributed by atoms with van der Waals surface area (Å²) < 4.78 is 5.44. The van der Waals surface area contributed by atoms with Gasteiger partial charge in [0.25, 0.3) is 0 Å². The Morgan fingerprint density at radius 3 is 2.64 bits per heavy atom. The Bertz CT molecular complexity index is 1140. The van der Waals surface area contributed by atoms with E-state index < -0.39 is 0 Å². The van der Waals surface area contributed by atoms with Crippen molar-refractivity contribution in [2.75, 3.05) is 14.1 Å². The number of rotatable bonds is 4. The number of aliphatic hydroxyl groups is 1. The third kappa shape index (κ3) is 3.60. The second kappa shape index (κ2) is 8.72. The van der Waals surface area contributed by atoms with Crippen LogP contribution in [-0.4, -0.2) is 41.7 Å². The van der Waals surface area contributed by atoms with Crippen LogP contribution in [0.3, 0.4) is 0 Å². The zero-order valence-corrected chi connectivity index (χ0v) is 23.5. The van der Waals surface area contributed by atoms with Crippen LogP contribution in [0, 0.1) is 46.8 Å². The van der Waals surface area contributed by atoms with E-state index in [1.807, 2.05) is 32.1 Å². The van der Waals surface area contributed by atoms with Crippen LogP contribution in [0.4, 0.5) is 5.69 Å². The third-order valence-corrected chi connectivity index (χ3v) is 10.9. The fourth-order valence-electron chi connectivity index (χ4n) is 9.00. The minimum absolute atomic E-state index is 0.00931. The Labute approximate surface area is 217 Å². The van der Waals surface area contributed by atoms with Gasteiger partial charge in [-0.05, 0) is 74.3 Å². The minimum Gasteiger partial charge on any atom is -0.467 e. The number of fused-ring (bicyclic) bond motifs is 5. The summed E-state index contributed by atoms with van der Waals surface area (Å²) in [5.74, 6) is 2.78. The Morgan fingerprint density at radius 1 is 1.25 bits per heavy atom. The van der Waals surface area contributed by atoms with Gasteiger partial charge in [0.1, 0.15) is 17.7 Å². The van der Waals surface area contributed by atoms with Crippen LogP contribution in [0.5, 0.6) is 0 Å². The molecule has 0 aromatic carbocycles. The first-order valence-corrected chi connectivity index (χ1v) is 13.9. The van der Waals surface area contributed by atoms with Crippen LogP contribution in [0.1, 0.15) is 72.5 Å². The predicted octanol–water partition coefficient (Wildman–Crippen LogP) is 6.95. The first-order chi connectivity index (χ1) is 16.9. The Morgan fingerprint density at radius 2 is 2.00 bits per heavy atom. The summed E-state index contributed by atoms with van der Waals surface area (Å²) in [5, 5.41) is 18.9. The maximum absolute atomic E-state index is 11.9. The largest absolute Gasteiger partial charge is 0.467 e. The summed E-state index contributed by atoms with van der Waals surface area (Å²) in [7, 11) is 4.06. The van der Waals surface area contributed by atoms with Crippen LogP contribution in [0.2, 0.25) is 0 Å². The van der Waals surface area contributed by atoms with Gasteiger partial charge in [0.2, 0.25) is 0 Å². The molecule has 0 radical (unpaired) electrons. The maximum Gasteiger partial charge on any atom is 0.116 e. The van der Waals surface area contributed by atoms with E-state index in [1.165, 1.54) is 17.7 Å². The van der Waals surface area contributed by atoms with Gasteiger partial charge in [-0.25, -0.2) is 4.99 Å². The van der Waals surface area contributed by atoms with Crippen molar-refractivity contribution in [3.8, 4) is 0 Å². The van der Waals surface area contributed by atoms with Crippen LogP contribution in [0.25, 0.3) is 0 Å². The van der Waals surface area contributed by atoms with E-state index >= 15 is 0 Å². The van der Waals surface area contributed by atoms with Gasteiger partial charge in [0, 0.05) is 42.6 Å². The lowest BCUT2D eigenvalue weighted by Gasteiger charge is -2.60. The molecule has 0 bridgehead atoms. The van der Waals surface area contributed by atoms with Crippen molar-refractivity contribution < 1.29 is 9.52 Å². The standard InChI is InChI=1S/C31H45N3O2/c1-9-27(33-34(7)8)31(6)19(2)14-25-24-11-10-21-16-22(32-23-15-20(3)36-18-23)12-13-29(21,4)28(24)26(35)17-30(25,31)5/h12-13,15-16,18-19,24-26,28,35H,9-11,14,17H2,1-8H3/b32-22+,33-27-/t19-,24+,25+,26+,28-,29+,30+,31-/m1/s1. The Balaban J connectivity index is 1.49. The van der Waals surface area contributed by atoms with Gasteiger partial charge in [-0.2, -0.15) is 5.10 Å².